The third kappa shape index (κ3) is 3.06. The van der Waals surface area contributed by atoms with Crippen LogP contribution in [0.15, 0.2) is 18.2 Å². The smallest absolute Gasteiger partial charge is 0.338 e. The third-order valence-corrected chi connectivity index (χ3v) is 4.44. The number of carbonyl (C=O) groups excluding carboxylic acids is 1. The van der Waals surface area contributed by atoms with Gasteiger partial charge in [0.25, 0.3) is 5.91 Å². The number of aromatic carboxylic acids is 1. The zero-order valence-electron chi connectivity index (χ0n) is 11.2. The first-order chi connectivity index (χ1) is 9.81. The number of hydrogen-bond acceptors (Lipinski definition) is 3. The Morgan fingerprint density at radius 1 is 1.33 bits per heavy atom. The van der Waals surface area contributed by atoms with E-state index in [0.29, 0.717) is 5.56 Å². The van der Waals surface area contributed by atoms with Crippen LogP contribution in [0, 0.1) is 19.7 Å². The lowest BCUT2D eigenvalue weighted by molar-refractivity contribution is 0.0697. The van der Waals surface area contributed by atoms with Gasteiger partial charge < -0.3 is 10.4 Å². The van der Waals surface area contributed by atoms with Crippen LogP contribution in [0.1, 0.15) is 31.2 Å². The second-order valence-electron chi connectivity index (χ2n) is 4.38. The number of amides is 1. The minimum atomic E-state index is -1.12. The number of thiophene rings is 1. The maximum atomic E-state index is 13.4. The van der Waals surface area contributed by atoms with E-state index < -0.39 is 17.7 Å². The maximum Gasteiger partial charge on any atom is 0.338 e. The van der Waals surface area contributed by atoms with Crippen molar-refractivity contribution in [2.24, 2.45) is 0 Å². The molecule has 1 aromatic carbocycles. The highest BCUT2D eigenvalue weighted by Gasteiger charge is 2.21. The summed E-state index contributed by atoms with van der Waals surface area (Å²) in [6, 6.07) is 3.65. The normalized spacial score (nSPS) is 10.5. The Morgan fingerprint density at radius 3 is 2.57 bits per heavy atom. The number of nitrogens with one attached hydrogen (secondary N) is 1. The molecule has 2 N–H and O–H groups in total. The van der Waals surface area contributed by atoms with Crippen LogP contribution < -0.4 is 5.32 Å². The number of halogens is 2. The van der Waals surface area contributed by atoms with E-state index in [4.69, 9.17) is 11.6 Å². The van der Waals surface area contributed by atoms with Crippen molar-refractivity contribution in [3.8, 4) is 0 Å². The molecule has 7 heteroatoms. The largest absolute Gasteiger partial charge is 0.478 e. The SMILES string of the molecule is Cc1sc(NC(=O)c2ccc(Cl)c(F)c2)c(C(=O)O)c1C. The van der Waals surface area contributed by atoms with Crippen LogP contribution in [0.3, 0.4) is 0 Å². The van der Waals surface area contributed by atoms with Crippen LogP contribution in [0.4, 0.5) is 9.39 Å². The van der Waals surface area contributed by atoms with E-state index in [-0.39, 0.29) is 21.2 Å². The standard InChI is InChI=1S/C14H11ClFNO3S/c1-6-7(2)21-13(11(6)14(19)20)17-12(18)8-3-4-9(15)10(16)5-8/h3-5H,1-2H3,(H,17,18)(H,19,20). The van der Waals surface area contributed by atoms with Crippen LogP contribution in [-0.2, 0) is 0 Å². The molecule has 0 unspecified atom stereocenters. The van der Waals surface area contributed by atoms with Crippen LogP contribution in [0.5, 0.6) is 0 Å². The van der Waals surface area contributed by atoms with Gasteiger partial charge in [-0.3, -0.25) is 4.79 Å². The molecule has 0 spiro atoms. The van der Waals surface area contributed by atoms with Crippen molar-refractivity contribution in [3.63, 3.8) is 0 Å². The molecule has 21 heavy (non-hydrogen) atoms. The molecular formula is C14H11ClFNO3S. The van der Waals surface area contributed by atoms with E-state index in [1.54, 1.807) is 13.8 Å². The monoisotopic (exact) mass is 327 g/mol. The van der Waals surface area contributed by atoms with Gasteiger partial charge in [-0.1, -0.05) is 11.6 Å². The topological polar surface area (TPSA) is 66.4 Å². The Kier molecular flexibility index (Phi) is 4.29. The van der Waals surface area contributed by atoms with Gasteiger partial charge in [0, 0.05) is 10.4 Å². The molecule has 2 rings (SSSR count). The second kappa shape index (κ2) is 5.83. The summed E-state index contributed by atoms with van der Waals surface area (Å²) in [7, 11) is 0. The Balaban J connectivity index is 2.33. The number of rotatable bonds is 3. The summed E-state index contributed by atoms with van der Waals surface area (Å²) in [6.45, 7) is 3.44. The molecule has 1 aromatic heterocycles. The summed E-state index contributed by atoms with van der Waals surface area (Å²) in [5, 5.41) is 11.9. The van der Waals surface area contributed by atoms with Crippen molar-refractivity contribution in [1.29, 1.82) is 0 Å². The summed E-state index contributed by atoms with van der Waals surface area (Å²) < 4.78 is 13.4. The number of benzene rings is 1. The fourth-order valence-electron chi connectivity index (χ4n) is 1.79. The van der Waals surface area contributed by atoms with Crippen LogP contribution in [0.2, 0.25) is 5.02 Å². The van der Waals surface area contributed by atoms with Crippen LogP contribution >= 0.6 is 22.9 Å². The summed E-state index contributed by atoms with van der Waals surface area (Å²) in [6.07, 6.45) is 0. The van der Waals surface area contributed by atoms with E-state index in [0.717, 1.165) is 10.9 Å². The lowest BCUT2D eigenvalue weighted by atomic mass is 10.1. The van der Waals surface area contributed by atoms with Gasteiger partial charge in [-0.15, -0.1) is 11.3 Å². The summed E-state index contributed by atoms with van der Waals surface area (Å²) in [4.78, 5) is 24.1. The molecule has 1 amide bonds. The summed E-state index contributed by atoms with van der Waals surface area (Å²) >= 11 is 6.72. The Morgan fingerprint density at radius 2 is 2.00 bits per heavy atom. The van der Waals surface area contributed by atoms with Gasteiger partial charge in [0.15, 0.2) is 0 Å². The molecule has 0 atom stereocenters. The Labute approximate surface area is 129 Å². The van der Waals surface area contributed by atoms with Crippen molar-refractivity contribution in [1.82, 2.24) is 0 Å². The Bertz CT molecular complexity index is 742. The molecule has 0 aliphatic heterocycles. The molecule has 0 aliphatic rings. The molecule has 0 radical (unpaired) electrons. The zero-order chi connectivity index (χ0) is 15.7. The van der Waals surface area contributed by atoms with Gasteiger partial charge in [0.05, 0.1) is 10.6 Å². The predicted octanol–water partition coefficient (Wildman–Crippen LogP) is 4.11. The van der Waals surface area contributed by atoms with Gasteiger partial charge in [-0.2, -0.15) is 0 Å². The minimum absolute atomic E-state index is 0.0558. The second-order valence-corrected chi connectivity index (χ2v) is 6.01. The number of carboxylic acids is 1. The number of anilines is 1. The van der Waals surface area contributed by atoms with Crippen LogP contribution in [0.25, 0.3) is 0 Å². The fraction of sp³-hybridized carbons (Fsp3) is 0.143. The summed E-state index contributed by atoms with van der Waals surface area (Å²) in [5.74, 6) is -2.41. The van der Waals surface area contributed by atoms with E-state index in [1.807, 2.05) is 0 Å². The maximum absolute atomic E-state index is 13.4. The van der Waals surface area contributed by atoms with Gasteiger partial charge >= 0.3 is 5.97 Å². The van der Waals surface area contributed by atoms with Gasteiger partial charge in [-0.05, 0) is 37.6 Å². The number of aryl methyl sites for hydroxylation is 1. The molecule has 0 saturated carbocycles. The molecule has 0 bridgehead atoms. The molecule has 0 saturated heterocycles. The lowest BCUT2D eigenvalue weighted by Crippen LogP contribution is -2.13. The van der Waals surface area contributed by atoms with E-state index in [1.165, 1.54) is 23.5 Å². The highest BCUT2D eigenvalue weighted by Crippen LogP contribution is 2.32. The van der Waals surface area contributed by atoms with E-state index in [9.17, 15) is 19.1 Å². The molecule has 0 aliphatic carbocycles. The van der Waals surface area contributed by atoms with Crippen molar-refractivity contribution >= 4 is 39.8 Å². The first kappa shape index (κ1) is 15.5. The quantitative estimate of drug-likeness (QED) is 0.891. The van der Waals surface area contributed by atoms with Gasteiger partial charge in [-0.25, -0.2) is 9.18 Å². The lowest BCUT2D eigenvalue weighted by Gasteiger charge is -2.05. The number of hydrogen-bond donors (Lipinski definition) is 2. The molecule has 110 valence electrons. The third-order valence-electron chi connectivity index (χ3n) is 3.01. The van der Waals surface area contributed by atoms with Crippen molar-refractivity contribution in [3.05, 3.63) is 50.6 Å². The van der Waals surface area contributed by atoms with Gasteiger partial charge in [0.2, 0.25) is 0 Å². The number of carbonyl (C=O) groups is 2. The Hall–Kier alpha value is -1.92. The number of carboxylic acid groups (broad SMARTS) is 1. The van der Waals surface area contributed by atoms with E-state index >= 15 is 0 Å². The fourth-order valence-corrected chi connectivity index (χ4v) is 2.95. The van der Waals surface area contributed by atoms with Crippen LogP contribution in [-0.4, -0.2) is 17.0 Å². The molecule has 0 fully saturated rings. The molecule has 4 nitrogen and oxygen atoms in total. The highest BCUT2D eigenvalue weighted by molar-refractivity contribution is 7.16. The molecule has 2 aromatic rings. The molecule has 1 heterocycles. The van der Waals surface area contributed by atoms with E-state index in [2.05, 4.69) is 5.32 Å². The van der Waals surface area contributed by atoms with Crippen molar-refractivity contribution in [2.75, 3.05) is 5.32 Å². The summed E-state index contributed by atoms with van der Waals surface area (Å²) in [5.41, 5.74) is 0.724. The average molecular weight is 328 g/mol. The highest BCUT2D eigenvalue weighted by atomic mass is 35.5. The molecular weight excluding hydrogens is 317 g/mol. The first-order valence-corrected chi connectivity index (χ1v) is 7.10. The minimum Gasteiger partial charge on any atom is -0.478 e. The predicted molar refractivity (Wildman–Crippen MR) is 80.1 cm³/mol. The van der Waals surface area contributed by atoms with Gasteiger partial charge in [0.1, 0.15) is 10.8 Å². The zero-order valence-corrected chi connectivity index (χ0v) is 12.7. The average Bonchev–Trinajstić information content (AvgIpc) is 2.68. The van der Waals surface area contributed by atoms with Crippen molar-refractivity contribution < 1.29 is 19.1 Å². The van der Waals surface area contributed by atoms with Crippen molar-refractivity contribution in [2.45, 2.75) is 13.8 Å². The first-order valence-electron chi connectivity index (χ1n) is 5.91.